The van der Waals surface area contributed by atoms with Gasteiger partial charge in [0.25, 0.3) is 0 Å². The SMILES string of the molecule is Cc1cc(CN(C)CCC(=O)O)no1. The largest absolute Gasteiger partial charge is 0.481 e. The maximum atomic E-state index is 10.3. The number of hydrogen-bond donors (Lipinski definition) is 1. The van der Waals surface area contributed by atoms with Crippen molar-refractivity contribution in [3.8, 4) is 0 Å². The molecule has 5 nitrogen and oxygen atoms in total. The molecule has 0 saturated heterocycles. The number of aliphatic carboxylic acids is 1. The molecule has 0 aliphatic heterocycles. The Bertz CT molecular complexity index is 309. The Balaban J connectivity index is 2.33. The number of carbonyl (C=O) groups is 1. The van der Waals surface area contributed by atoms with E-state index in [9.17, 15) is 4.79 Å². The molecule has 0 aliphatic carbocycles. The third-order valence-corrected chi connectivity index (χ3v) is 1.82. The zero-order valence-corrected chi connectivity index (χ0v) is 8.36. The average molecular weight is 198 g/mol. The summed E-state index contributed by atoms with van der Waals surface area (Å²) in [5.74, 6) is -0.0141. The summed E-state index contributed by atoms with van der Waals surface area (Å²) in [4.78, 5) is 12.2. The lowest BCUT2D eigenvalue weighted by atomic mass is 10.3. The maximum absolute atomic E-state index is 10.3. The fraction of sp³-hybridized carbons (Fsp3) is 0.556. The van der Waals surface area contributed by atoms with Gasteiger partial charge >= 0.3 is 5.97 Å². The van der Waals surface area contributed by atoms with E-state index in [0.29, 0.717) is 13.1 Å². The summed E-state index contributed by atoms with van der Waals surface area (Å²) in [6.45, 7) is 2.96. The van der Waals surface area contributed by atoms with Crippen molar-refractivity contribution in [2.45, 2.75) is 19.9 Å². The van der Waals surface area contributed by atoms with E-state index in [4.69, 9.17) is 9.63 Å². The first kappa shape index (κ1) is 10.7. The lowest BCUT2D eigenvalue weighted by Gasteiger charge is -2.12. The van der Waals surface area contributed by atoms with Crippen LogP contribution in [0.15, 0.2) is 10.6 Å². The fourth-order valence-corrected chi connectivity index (χ4v) is 1.13. The lowest BCUT2D eigenvalue weighted by molar-refractivity contribution is -0.137. The van der Waals surface area contributed by atoms with Gasteiger partial charge in [0.15, 0.2) is 0 Å². The highest BCUT2D eigenvalue weighted by Gasteiger charge is 2.06. The molecule has 1 N–H and O–H groups in total. The summed E-state index contributed by atoms with van der Waals surface area (Å²) in [6, 6.07) is 1.84. The van der Waals surface area contributed by atoms with E-state index in [1.807, 2.05) is 24.9 Å². The molecule has 0 unspecified atom stereocenters. The molecule has 1 heterocycles. The average Bonchev–Trinajstić information content (AvgIpc) is 2.48. The number of aryl methyl sites for hydroxylation is 1. The Morgan fingerprint density at radius 2 is 2.43 bits per heavy atom. The second kappa shape index (κ2) is 4.76. The topological polar surface area (TPSA) is 66.6 Å². The molecule has 0 spiro atoms. The molecule has 0 saturated carbocycles. The second-order valence-corrected chi connectivity index (χ2v) is 3.31. The standard InChI is InChI=1S/C9H14N2O3/c1-7-5-8(10-14-7)6-11(2)4-3-9(12)13/h5H,3-4,6H2,1-2H3,(H,12,13). The molecule has 5 heteroatoms. The number of carboxylic acid groups (broad SMARTS) is 1. The van der Waals surface area contributed by atoms with Crippen molar-refractivity contribution in [2.24, 2.45) is 0 Å². The minimum absolute atomic E-state index is 0.146. The quantitative estimate of drug-likeness (QED) is 0.761. The third-order valence-electron chi connectivity index (χ3n) is 1.82. The number of hydrogen-bond acceptors (Lipinski definition) is 4. The van der Waals surface area contributed by atoms with Crippen LogP contribution < -0.4 is 0 Å². The summed E-state index contributed by atoms with van der Waals surface area (Å²) >= 11 is 0. The van der Waals surface area contributed by atoms with Gasteiger partial charge in [0, 0.05) is 19.2 Å². The number of aromatic nitrogens is 1. The summed E-state index contributed by atoms with van der Waals surface area (Å²) in [7, 11) is 1.85. The molecule has 0 amide bonds. The van der Waals surface area contributed by atoms with E-state index in [2.05, 4.69) is 5.16 Å². The first-order chi connectivity index (χ1) is 6.58. The van der Waals surface area contributed by atoms with Crippen LogP contribution in [0.25, 0.3) is 0 Å². The van der Waals surface area contributed by atoms with Gasteiger partial charge in [-0.05, 0) is 14.0 Å². The Morgan fingerprint density at radius 3 is 2.93 bits per heavy atom. The molecule has 1 rings (SSSR count). The van der Waals surface area contributed by atoms with Crippen LogP contribution in [0.4, 0.5) is 0 Å². The maximum Gasteiger partial charge on any atom is 0.304 e. The van der Waals surface area contributed by atoms with Crippen molar-refractivity contribution in [3.63, 3.8) is 0 Å². The predicted molar refractivity (Wildman–Crippen MR) is 49.8 cm³/mol. The molecule has 0 aromatic carbocycles. The Hall–Kier alpha value is -1.36. The van der Waals surface area contributed by atoms with Gasteiger partial charge in [-0.3, -0.25) is 9.69 Å². The number of carboxylic acids is 1. The third kappa shape index (κ3) is 3.57. The summed E-state index contributed by atoms with van der Waals surface area (Å²) < 4.78 is 4.90. The van der Waals surface area contributed by atoms with Crippen LogP contribution in [0.3, 0.4) is 0 Å². The van der Waals surface area contributed by atoms with Gasteiger partial charge in [0.05, 0.1) is 12.1 Å². The van der Waals surface area contributed by atoms with Crippen LogP contribution in [0.5, 0.6) is 0 Å². The lowest BCUT2D eigenvalue weighted by Crippen LogP contribution is -2.21. The van der Waals surface area contributed by atoms with Crippen LogP contribution in [0, 0.1) is 6.92 Å². The molecule has 0 radical (unpaired) electrons. The highest BCUT2D eigenvalue weighted by atomic mass is 16.5. The molecule has 0 fully saturated rings. The van der Waals surface area contributed by atoms with Crippen molar-refractivity contribution in [1.82, 2.24) is 10.1 Å². The molecule has 0 aliphatic rings. The number of nitrogens with zero attached hydrogens (tertiary/aromatic N) is 2. The molecular weight excluding hydrogens is 184 g/mol. The summed E-state index contributed by atoms with van der Waals surface area (Å²) in [5, 5.41) is 12.3. The Labute approximate surface area is 82.3 Å². The van der Waals surface area contributed by atoms with E-state index in [1.165, 1.54) is 0 Å². The fourth-order valence-electron chi connectivity index (χ4n) is 1.13. The Morgan fingerprint density at radius 1 is 1.71 bits per heavy atom. The number of rotatable bonds is 5. The van der Waals surface area contributed by atoms with Gasteiger partial charge in [-0.1, -0.05) is 5.16 Å². The molecule has 0 atom stereocenters. The minimum atomic E-state index is -0.784. The first-order valence-corrected chi connectivity index (χ1v) is 4.40. The predicted octanol–water partition coefficient (Wildman–Crippen LogP) is 0.890. The first-order valence-electron chi connectivity index (χ1n) is 4.40. The van der Waals surface area contributed by atoms with Crippen LogP contribution in [-0.4, -0.2) is 34.7 Å². The van der Waals surface area contributed by atoms with Gasteiger partial charge in [0.1, 0.15) is 5.76 Å². The Kier molecular flexibility index (Phi) is 3.64. The van der Waals surface area contributed by atoms with E-state index in [-0.39, 0.29) is 6.42 Å². The van der Waals surface area contributed by atoms with Crippen molar-refractivity contribution in [2.75, 3.05) is 13.6 Å². The zero-order valence-electron chi connectivity index (χ0n) is 8.36. The van der Waals surface area contributed by atoms with Gasteiger partial charge in [0.2, 0.25) is 0 Å². The molecular formula is C9H14N2O3. The molecule has 0 bridgehead atoms. The van der Waals surface area contributed by atoms with Crippen LogP contribution in [0.2, 0.25) is 0 Å². The van der Waals surface area contributed by atoms with Gasteiger partial charge < -0.3 is 9.63 Å². The summed E-state index contributed by atoms with van der Waals surface area (Å²) in [5.41, 5.74) is 0.829. The van der Waals surface area contributed by atoms with E-state index >= 15 is 0 Å². The zero-order chi connectivity index (χ0) is 10.6. The highest BCUT2D eigenvalue weighted by molar-refractivity contribution is 5.66. The van der Waals surface area contributed by atoms with E-state index in [1.54, 1.807) is 0 Å². The molecule has 78 valence electrons. The van der Waals surface area contributed by atoms with Gasteiger partial charge in [-0.25, -0.2) is 0 Å². The van der Waals surface area contributed by atoms with E-state index < -0.39 is 5.97 Å². The minimum Gasteiger partial charge on any atom is -0.481 e. The van der Waals surface area contributed by atoms with Crippen molar-refractivity contribution >= 4 is 5.97 Å². The molecule has 1 aromatic rings. The van der Waals surface area contributed by atoms with Crippen molar-refractivity contribution in [1.29, 1.82) is 0 Å². The smallest absolute Gasteiger partial charge is 0.304 e. The highest BCUT2D eigenvalue weighted by Crippen LogP contribution is 2.04. The monoisotopic (exact) mass is 198 g/mol. The molecule has 14 heavy (non-hydrogen) atoms. The van der Waals surface area contributed by atoms with Crippen LogP contribution in [-0.2, 0) is 11.3 Å². The van der Waals surface area contributed by atoms with Crippen LogP contribution in [0.1, 0.15) is 17.9 Å². The van der Waals surface area contributed by atoms with Crippen molar-refractivity contribution < 1.29 is 14.4 Å². The van der Waals surface area contributed by atoms with E-state index in [0.717, 1.165) is 11.5 Å². The second-order valence-electron chi connectivity index (χ2n) is 3.31. The molecule has 1 aromatic heterocycles. The van der Waals surface area contributed by atoms with Gasteiger partial charge in [-0.15, -0.1) is 0 Å². The van der Waals surface area contributed by atoms with Crippen molar-refractivity contribution in [3.05, 3.63) is 17.5 Å². The van der Waals surface area contributed by atoms with Gasteiger partial charge in [-0.2, -0.15) is 0 Å². The summed E-state index contributed by atoms with van der Waals surface area (Å²) in [6.07, 6.45) is 0.146. The normalized spacial score (nSPS) is 10.8. The van der Waals surface area contributed by atoms with Crippen LogP contribution >= 0.6 is 0 Å².